The van der Waals surface area contributed by atoms with Crippen LogP contribution in [0.5, 0.6) is 0 Å². The van der Waals surface area contributed by atoms with Crippen LogP contribution in [0.2, 0.25) is 0 Å². The van der Waals surface area contributed by atoms with Crippen molar-refractivity contribution < 1.29 is 13.2 Å². The Morgan fingerprint density at radius 1 is 1.33 bits per heavy atom. The molecule has 0 aliphatic carbocycles. The highest BCUT2D eigenvalue weighted by Crippen LogP contribution is 2.23. The molecule has 6 heteroatoms. The van der Waals surface area contributed by atoms with Gasteiger partial charge in [-0.2, -0.15) is 0 Å². The minimum Gasteiger partial charge on any atom is -0.382 e. The Morgan fingerprint density at radius 3 is 2.48 bits per heavy atom. The monoisotopic (exact) mass is 314 g/mol. The molecule has 0 aliphatic heterocycles. The Labute approximate surface area is 128 Å². The first-order valence-electron chi connectivity index (χ1n) is 6.97. The summed E-state index contributed by atoms with van der Waals surface area (Å²) in [5.74, 6) is 0. The molecule has 0 aliphatic rings. The van der Waals surface area contributed by atoms with Crippen molar-refractivity contribution >= 4 is 15.7 Å². The molecule has 1 rings (SSSR count). The van der Waals surface area contributed by atoms with Crippen LogP contribution in [0, 0.1) is 6.92 Å². The molecule has 0 heterocycles. The molecule has 0 aromatic heterocycles. The number of sulfonamides is 1. The largest absolute Gasteiger partial charge is 0.382 e. The van der Waals surface area contributed by atoms with Gasteiger partial charge in [-0.05, 0) is 58.9 Å². The number of aryl methyl sites for hydroxylation is 1. The van der Waals surface area contributed by atoms with Gasteiger partial charge in [0.1, 0.15) is 0 Å². The lowest BCUT2D eigenvalue weighted by atomic mass is 9.99. The maximum Gasteiger partial charge on any atom is 0.240 e. The molecule has 120 valence electrons. The van der Waals surface area contributed by atoms with Crippen molar-refractivity contribution in [3.05, 3.63) is 23.8 Å². The van der Waals surface area contributed by atoms with E-state index in [2.05, 4.69) is 10.0 Å². The van der Waals surface area contributed by atoms with E-state index in [1.165, 1.54) is 7.05 Å². The molecule has 0 bridgehead atoms. The summed E-state index contributed by atoms with van der Waals surface area (Å²) < 4.78 is 31.7. The van der Waals surface area contributed by atoms with Crippen molar-refractivity contribution in [2.45, 2.75) is 50.7 Å². The van der Waals surface area contributed by atoms with Crippen molar-refractivity contribution in [1.29, 1.82) is 0 Å². The topological polar surface area (TPSA) is 67.4 Å². The highest BCUT2D eigenvalue weighted by Gasteiger charge is 2.21. The van der Waals surface area contributed by atoms with Crippen LogP contribution >= 0.6 is 0 Å². The van der Waals surface area contributed by atoms with Gasteiger partial charge in [-0.25, -0.2) is 13.1 Å². The fraction of sp³-hybridized carbons (Fsp3) is 0.600. The molecule has 0 saturated carbocycles. The zero-order valence-electron chi connectivity index (χ0n) is 13.6. The maximum absolute atomic E-state index is 12.0. The Morgan fingerprint density at radius 2 is 1.95 bits per heavy atom. The minimum atomic E-state index is -3.44. The number of anilines is 1. The number of ether oxygens (including phenoxy) is 1. The summed E-state index contributed by atoms with van der Waals surface area (Å²) in [5.41, 5.74) is 1.28. The predicted molar refractivity (Wildman–Crippen MR) is 86.2 cm³/mol. The highest BCUT2D eigenvalue weighted by molar-refractivity contribution is 7.89. The van der Waals surface area contributed by atoms with E-state index in [0.717, 1.165) is 17.7 Å². The Bertz CT molecular complexity index is 583. The first-order chi connectivity index (χ1) is 9.61. The van der Waals surface area contributed by atoms with E-state index in [9.17, 15) is 8.42 Å². The van der Waals surface area contributed by atoms with Crippen LogP contribution in [0.4, 0.5) is 5.69 Å². The Balaban J connectivity index is 2.94. The van der Waals surface area contributed by atoms with Crippen molar-refractivity contribution in [3.63, 3.8) is 0 Å². The van der Waals surface area contributed by atoms with Gasteiger partial charge < -0.3 is 10.1 Å². The Hall–Kier alpha value is -1.11. The van der Waals surface area contributed by atoms with E-state index in [0.29, 0.717) is 4.90 Å². The summed E-state index contributed by atoms with van der Waals surface area (Å²) in [7, 11) is -0.336. The molecule has 21 heavy (non-hydrogen) atoms. The van der Waals surface area contributed by atoms with Gasteiger partial charge in [0.15, 0.2) is 0 Å². The number of rotatable bonds is 7. The van der Waals surface area contributed by atoms with E-state index >= 15 is 0 Å². The second kappa shape index (κ2) is 6.77. The van der Waals surface area contributed by atoms with Crippen LogP contribution in [0.25, 0.3) is 0 Å². The SMILES string of the molecule is CNS(=O)(=O)c1cc(NC(C)CC(C)(C)OC)ccc1C. The van der Waals surface area contributed by atoms with E-state index in [4.69, 9.17) is 4.74 Å². The standard InChI is InChI=1S/C15H26N2O3S/c1-11-7-8-13(9-14(11)21(18,19)16-5)17-12(2)10-15(3,4)20-6/h7-9,12,16-17H,10H2,1-6H3. The van der Waals surface area contributed by atoms with Gasteiger partial charge in [0, 0.05) is 18.8 Å². The van der Waals surface area contributed by atoms with Crippen LogP contribution < -0.4 is 10.0 Å². The molecule has 0 fully saturated rings. The van der Waals surface area contributed by atoms with Gasteiger partial charge >= 0.3 is 0 Å². The summed E-state index contributed by atoms with van der Waals surface area (Å²) in [5, 5.41) is 3.32. The zero-order chi connectivity index (χ0) is 16.3. The number of benzene rings is 1. The first-order valence-corrected chi connectivity index (χ1v) is 8.45. The fourth-order valence-electron chi connectivity index (χ4n) is 2.25. The quantitative estimate of drug-likeness (QED) is 0.811. The summed E-state index contributed by atoms with van der Waals surface area (Å²) in [4.78, 5) is 0.299. The number of methoxy groups -OCH3 is 1. The van der Waals surface area contributed by atoms with Crippen LogP contribution in [0.1, 0.15) is 32.8 Å². The lowest BCUT2D eigenvalue weighted by Gasteiger charge is -2.27. The predicted octanol–water partition coefficient (Wildman–Crippen LogP) is 2.52. The third-order valence-corrected chi connectivity index (χ3v) is 5.07. The van der Waals surface area contributed by atoms with Gasteiger partial charge in [0.05, 0.1) is 10.5 Å². The fourth-order valence-corrected chi connectivity index (χ4v) is 3.24. The van der Waals surface area contributed by atoms with Gasteiger partial charge in [0.2, 0.25) is 10.0 Å². The molecule has 2 N–H and O–H groups in total. The normalized spacial score (nSPS) is 14.0. The van der Waals surface area contributed by atoms with Gasteiger partial charge in [0.25, 0.3) is 0 Å². The second-order valence-electron chi connectivity index (χ2n) is 5.90. The first kappa shape index (κ1) is 17.9. The molecular weight excluding hydrogens is 288 g/mol. The molecule has 1 atom stereocenters. The molecule has 1 aromatic carbocycles. The number of hydrogen-bond acceptors (Lipinski definition) is 4. The van der Waals surface area contributed by atoms with Crippen LogP contribution in [-0.4, -0.2) is 34.2 Å². The summed E-state index contributed by atoms with van der Waals surface area (Å²) in [6.07, 6.45) is 0.811. The summed E-state index contributed by atoms with van der Waals surface area (Å²) in [6, 6.07) is 5.52. The molecule has 1 aromatic rings. The van der Waals surface area contributed by atoms with E-state index in [1.807, 2.05) is 26.8 Å². The average Bonchev–Trinajstić information content (AvgIpc) is 2.40. The number of nitrogens with one attached hydrogen (secondary N) is 2. The van der Waals surface area contributed by atoms with E-state index < -0.39 is 10.0 Å². The third kappa shape index (κ3) is 4.98. The molecular formula is C15H26N2O3S. The lowest BCUT2D eigenvalue weighted by Crippen LogP contribution is -2.31. The molecule has 5 nitrogen and oxygen atoms in total. The van der Waals surface area contributed by atoms with E-state index in [1.54, 1.807) is 26.2 Å². The molecule has 0 spiro atoms. The number of hydrogen-bond donors (Lipinski definition) is 2. The molecule has 0 amide bonds. The van der Waals surface area contributed by atoms with E-state index in [-0.39, 0.29) is 11.6 Å². The average molecular weight is 314 g/mol. The third-order valence-electron chi connectivity index (χ3n) is 3.51. The lowest BCUT2D eigenvalue weighted by molar-refractivity contribution is 0.0128. The Kier molecular flexibility index (Phi) is 5.78. The van der Waals surface area contributed by atoms with Crippen LogP contribution in [0.15, 0.2) is 23.1 Å². The summed E-state index contributed by atoms with van der Waals surface area (Å²) in [6.45, 7) is 7.88. The van der Waals surface area contributed by atoms with Gasteiger partial charge in [-0.3, -0.25) is 0 Å². The van der Waals surface area contributed by atoms with Crippen LogP contribution in [0.3, 0.4) is 0 Å². The molecule has 0 saturated heterocycles. The van der Waals surface area contributed by atoms with Gasteiger partial charge in [-0.1, -0.05) is 6.07 Å². The summed E-state index contributed by atoms with van der Waals surface area (Å²) >= 11 is 0. The maximum atomic E-state index is 12.0. The molecule has 0 radical (unpaired) electrons. The van der Waals surface area contributed by atoms with Crippen molar-refractivity contribution in [1.82, 2.24) is 4.72 Å². The highest BCUT2D eigenvalue weighted by atomic mass is 32.2. The van der Waals surface area contributed by atoms with Crippen molar-refractivity contribution in [3.8, 4) is 0 Å². The second-order valence-corrected chi connectivity index (χ2v) is 7.76. The smallest absolute Gasteiger partial charge is 0.240 e. The van der Waals surface area contributed by atoms with Crippen molar-refractivity contribution in [2.75, 3.05) is 19.5 Å². The minimum absolute atomic E-state index is 0.160. The van der Waals surface area contributed by atoms with Crippen molar-refractivity contribution in [2.24, 2.45) is 0 Å². The zero-order valence-corrected chi connectivity index (χ0v) is 14.5. The van der Waals surface area contributed by atoms with Gasteiger partial charge in [-0.15, -0.1) is 0 Å². The van der Waals surface area contributed by atoms with Crippen LogP contribution in [-0.2, 0) is 14.8 Å². The molecule has 1 unspecified atom stereocenters.